The monoisotopic (exact) mass is 200 g/mol. The summed E-state index contributed by atoms with van der Waals surface area (Å²) in [6, 6.07) is 0. The molecule has 0 bridgehead atoms. The molecule has 0 spiro atoms. The molecule has 2 N–H and O–H groups in total. The summed E-state index contributed by atoms with van der Waals surface area (Å²) in [7, 11) is 0. The molecule has 0 fully saturated rings. The normalized spacial score (nSPS) is 10.6. The van der Waals surface area contributed by atoms with Crippen molar-refractivity contribution in [1.29, 1.82) is 0 Å². The summed E-state index contributed by atoms with van der Waals surface area (Å²) in [5, 5.41) is 8.54. The van der Waals surface area contributed by atoms with E-state index in [1.807, 2.05) is 0 Å². The van der Waals surface area contributed by atoms with Crippen molar-refractivity contribution in [2.45, 2.75) is 19.8 Å². The zero-order valence-corrected chi connectivity index (χ0v) is 7.67. The summed E-state index contributed by atoms with van der Waals surface area (Å²) in [6.45, 7) is 3.42. The summed E-state index contributed by atoms with van der Waals surface area (Å²) >= 11 is 0. The first-order valence-corrected chi connectivity index (χ1v) is 3.96. The van der Waals surface area contributed by atoms with Crippen LogP contribution in [-0.2, 0) is 0 Å². The van der Waals surface area contributed by atoms with E-state index >= 15 is 0 Å². The maximum absolute atomic E-state index is 12.9. The van der Waals surface area contributed by atoms with E-state index in [0.29, 0.717) is 0 Å². The third-order valence-electron chi connectivity index (χ3n) is 1.63. The molecule has 76 valence electrons. The Morgan fingerprint density at radius 2 is 2.14 bits per heavy atom. The minimum absolute atomic E-state index is 0.161. The van der Waals surface area contributed by atoms with Gasteiger partial charge in [-0.3, -0.25) is 4.79 Å². The minimum Gasteiger partial charge on any atom is -0.476 e. The van der Waals surface area contributed by atoms with Crippen LogP contribution in [0.15, 0.2) is 4.79 Å². The van der Waals surface area contributed by atoms with Gasteiger partial charge in [0.1, 0.15) is 5.82 Å². The summed E-state index contributed by atoms with van der Waals surface area (Å²) in [4.78, 5) is 27.1. The van der Waals surface area contributed by atoms with Gasteiger partial charge in [0.05, 0.1) is 0 Å². The highest BCUT2D eigenvalue weighted by Crippen LogP contribution is 2.08. The lowest BCUT2D eigenvalue weighted by molar-refractivity contribution is 0.0683. The first kappa shape index (κ1) is 10.4. The molecule has 1 aromatic heterocycles. The van der Waals surface area contributed by atoms with Gasteiger partial charge in [-0.1, -0.05) is 13.8 Å². The van der Waals surface area contributed by atoms with Crippen LogP contribution in [0.3, 0.4) is 0 Å². The zero-order valence-electron chi connectivity index (χ0n) is 7.67. The van der Waals surface area contributed by atoms with E-state index in [1.165, 1.54) is 0 Å². The van der Waals surface area contributed by atoms with Crippen LogP contribution < -0.4 is 5.56 Å². The number of aromatic carboxylic acids is 1. The van der Waals surface area contributed by atoms with Crippen LogP contribution >= 0.6 is 0 Å². The summed E-state index contributed by atoms with van der Waals surface area (Å²) in [5.74, 6) is -2.91. The van der Waals surface area contributed by atoms with E-state index in [1.54, 1.807) is 13.8 Å². The predicted octanol–water partition coefficient (Wildman–Crippen LogP) is 0.731. The smallest absolute Gasteiger partial charge is 0.357 e. The molecule has 0 aliphatic heterocycles. The zero-order chi connectivity index (χ0) is 10.9. The highest BCUT2D eigenvalue weighted by molar-refractivity contribution is 5.85. The van der Waals surface area contributed by atoms with Crippen LogP contribution in [0, 0.1) is 5.82 Å². The van der Waals surface area contributed by atoms with Crippen molar-refractivity contribution in [1.82, 2.24) is 9.97 Å². The van der Waals surface area contributed by atoms with Crippen molar-refractivity contribution in [3.8, 4) is 0 Å². The lowest BCUT2D eigenvalue weighted by atomic mass is 10.2. The Morgan fingerprint density at radius 1 is 1.57 bits per heavy atom. The van der Waals surface area contributed by atoms with Gasteiger partial charge in [0.15, 0.2) is 5.69 Å². The number of aromatic nitrogens is 2. The van der Waals surface area contributed by atoms with E-state index in [4.69, 9.17) is 5.11 Å². The van der Waals surface area contributed by atoms with E-state index in [2.05, 4.69) is 9.97 Å². The van der Waals surface area contributed by atoms with Gasteiger partial charge >= 0.3 is 5.97 Å². The SMILES string of the molecule is CC(C)c1nc(C(=O)O)c(F)c(=O)[nH]1. The van der Waals surface area contributed by atoms with Crippen molar-refractivity contribution in [2.75, 3.05) is 0 Å². The Hall–Kier alpha value is -1.72. The minimum atomic E-state index is -1.55. The molecule has 1 heterocycles. The molecule has 0 unspecified atom stereocenters. The fraction of sp³-hybridized carbons (Fsp3) is 0.375. The van der Waals surface area contributed by atoms with Crippen LogP contribution in [0.5, 0.6) is 0 Å². The number of nitrogens with one attached hydrogen (secondary N) is 1. The molecule has 0 radical (unpaired) electrons. The lowest BCUT2D eigenvalue weighted by Crippen LogP contribution is -2.22. The lowest BCUT2D eigenvalue weighted by Gasteiger charge is -2.04. The van der Waals surface area contributed by atoms with E-state index < -0.39 is 23.0 Å². The number of aromatic amines is 1. The van der Waals surface area contributed by atoms with Gasteiger partial charge in [-0.25, -0.2) is 9.78 Å². The van der Waals surface area contributed by atoms with Crippen LogP contribution in [-0.4, -0.2) is 21.0 Å². The first-order chi connectivity index (χ1) is 6.43. The molecule has 5 nitrogen and oxygen atoms in total. The van der Waals surface area contributed by atoms with Gasteiger partial charge in [-0.2, -0.15) is 4.39 Å². The molecule has 0 aliphatic rings. The number of halogens is 1. The first-order valence-electron chi connectivity index (χ1n) is 3.96. The molecule has 0 saturated heterocycles. The van der Waals surface area contributed by atoms with Crippen molar-refractivity contribution in [2.24, 2.45) is 0 Å². The molecule has 0 amide bonds. The number of carbonyl (C=O) groups is 1. The maximum Gasteiger partial charge on any atom is 0.357 e. The second kappa shape index (κ2) is 3.57. The standard InChI is InChI=1S/C8H9FN2O3/c1-3(2)6-10-5(8(13)14)4(9)7(12)11-6/h3H,1-2H3,(H,13,14)(H,10,11,12). The maximum atomic E-state index is 12.9. The van der Waals surface area contributed by atoms with Crippen LogP contribution in [0.4, 0.5) is 4.39 Å². The van der Waals surface area contributed by atoms with Gasteiger partial charge < -0.3 is 10.1 Å². The summed E-state index contributed by atoms with van der Waals surface area (Å²) < 4.78 is 12.9. The van der Waals surface area contributed by atoms with Crippen molar-refractivity contribution in [3.05, 3.63) is 27.7 Å². The van der Waals surface area contributed by atoms with Gasteiger partial charge in [0.2, 0.25) is 5.82 Å². The fourth-order valence-electron chi connectivity index (χ4n) is 0.891. The van der Waals surface area contributed by atoms with Crippen molar-refractivity contribution < 1.29 is 14.3 Å². The molecular weight excluding hydrogens is 191 g/mol. The number of carboxylic acid groups (broad SMARTS) is 1. The Kier molecular flexibility index (Phi) is 2.64. The Morgan fingerprint density at radius 3 is 2.57 bits per heavy atom. The van der Waals surface area contributed by atoms with E-state index in [9.17, 15) is 14.0 Å². The Balaban J connectivity index is 3.43. The third kappa shape index (κ3) is 1.78. The highest BCUT2D eigenvalue weighted by Gasteiger charge is 2.18. The molecule has 0 saturated carbocycles. The molecular formula is C8H9FN2O3. The van der Waals surface area contributed by atoms with Crippen LogP contribution in [0.1, 0.15) is 36.1 Å². The predicted molar refractivity (Wildman–Crippen MR) is 45.9 cm³/mol. The number of rotatable bonds is 2. The second-order valence-corrected chi connectivity index (χ2v) is 3.07. The summed E-state index contributed by atoms with van der Waals surface area (Å²) in [5.41, 5.74) is -1.89. The Labute approximate surface area is 78.6 Å². The van der Waals surface area contributed by atoms with E-state index in [0.717, 1.165) is 0 Å². The van der Waals surface area contributed by atoms with E-state index in [-0.39, 0.29) is 11.7 Å². The molecule has 0 aliphatic carbocycles. The van der Waals surface area contributed by atoms with Crippen molar-refractivity contribution >= 4 is 5.97 Å². The van der Waals surface area contributed by atoms with Crippen LogP contribution in [0.25, 0.3) is 0 Å². The fourth-order valence-corrected chi connectivity index (χ4v) is 0.891. The van der Waals surface area contributed by atoms with Crippen molar-refractivity contribution in [3.63, 3.8) is 0 Å². The van der Waals surface area contributed by atoms with Crippen LogP contribution in [0.2, 0.25) is 0 Å². The number of nitrogens with zero attached hydrogens (tertiary/aromatic N) is 1. The average Bonchev–Trinajstić information content (AvgIpc) is 2.08. The van der Waals surface area contributed by atoms with Gasteiger partial charge in [-0.05, 0) is 0 Å². The molecule has 1 aromatic rings. The molecule has 0 atom stereocenters. The van der Waals surface area contributed by atoms with Gasteiger partial charge in [0.25, 0.3) is 5.56 Å². The molecule has 6 heteroatoms. The molecule has 14 heavy (non-hydrogen) atoms. The average molecular weight is 200 g/mol. The summed E-state index contributed by atoms with van der Waals surface area (Å²) in [6.07, 6.45) is 0. The number of H-pyrrole nitrogens is 1. The Bertz CT molecular complexity index is 425. The van der Waals surface area contributed by atoms with Gasteiger partial charge in [0, 0.05) is 5.92 Å². The number of carboxylic acids is 1. The quantitative estimate of drug-likeness (QED) is 0.737. The molecule has 1 rings (SSSR count). The number of hydrogen-bond donors (Lipinski definition) is 2. The third-order valence-corrected chi connectivity index (χ3v) is 1.63. The highest BCUT2D eigenvalue weighted by atomic mass is 19.1. The molecule has 0 aromatic carbocycles. The topological polar surface area (TPSA) is 83.0 Å². The van der Waals surface area contributed by atoms with Gasteiger partial charge in [-0.15, -0.1) is 0 Å². The second-order valence-electron chi connectivity index (χ2n) is 3.07. The number of hydrogen-bond acceptors (Lipinski definition) is 3. The largest absolute Gasteiger partial charge is 0.476 e.